The SMILES string of the molecule is COc1ccccc1CC(=O)N1COC[C@H]1Cc1ccccc1. The van der Waals surface area contributed by atoms with E-state index in [1.165, 1.54) is 5.56 Å². The van der Waals surface area contributed by atoms with Crippen LogP contribution in [0, 0.1) is 0 Å². The highest BCUT2D eigenvalue weighted by atomic mass is 16.5. The predicted molar refractivity (Wildman–Crippen MR) is 88.3 cm³/mol. The highest BCUT2D eigenvalue weighted by Gasteiger charge is 2.29. The summed E-state index contributed by atoms with van der Waals surface area (Å²) in [6.07, 6.45) is 1.15. The van der Waals surface area contributed by atoms with Gasteiger partial charge in [-0.3, -0.25) is 4.79 Å². The number of nitrogens with zero attached hydrogens (tertiary/aromatic N) is 1. The van der Waals surface area contributed by atoms with E-state index in [1.54, 1.807) is 7.11 Å². The van der Waals surface area contributed by atoms with Crippen LogP contribution in [0.5, 0.6) is 5.75 Å². The highest BCUT2D eigenvalue weighted by molar-refractivity contribution is 5.80. The number of hydrogen-bond acceptors (Lipinski definition) is 3. The molecule has 120 valence electrons. The lowest BCUT2D eigenvalue weighted by atomic mass is 10.0. The number of rotatable bonds is 5. The van der Waals surface area contributed by atoms with Crippen molar-refractivity contribution in [2.75, 3.05) is 20.4 Å². The molecule has 4 nitrogen and oxygen atoms in total. The molecule has 1 amide bonds. The van der Waals surface area contributed by atoms with Gasteiger partial charge in [0.25, 0.3) is 0 Å². The van der Waals surface area contributed by atoms with Gasteiger partial charge < -0.3 is 14.4 Å². The fourth-order valence-electron chi connectivity index (χ4n) is 2.93. The van der Waals surface area contributed by atoms with Crippen LogP contribution in [0.3, 0.4) is 0 Å². The number of hydrogen-bond donors (Lipinski definition) is 0. The van der Waals surface area contributed by atoms with Gasteiger partial charge in [-0.2, -0.15) is 0 Å². The number of amides is 1. The van der Waals surface area contributed by atoms with E-state index in [-0.39, 0.29) is 11.9 Å². The molecule has 0 saturated carbocycles. The normalized spacial score (nSPS) is 17.3. The number of benzene rings is 2. The Kier molecular flexibility index (Phi) is 4.93. The molecule has 0 aliphatic carbocycles. The molecule has 1 aliphatic rings. The second kappa shape index (κ2) is 7.29. The maximum absolute atomic E-state index is 12.7. The highest BCUT2D eigenvalue weighted by Crippen LogP contribution is 2.21. The number of methoxy groups -OCH3 is 1. The Balaban J connectivity index is 1.68. The van der Waals surface area contributed by atoms with Crippen LogP contribution in [-0.2, 0) is 22.4 Å². The standard InChI is InChI=1S/C19H21NO3/c1-22-18-10-6-5-9-16(18)12-19(21)20-14-23-13-17(20)11-15-7-3-2-4-8-15/h2-10,17H,11-14H2,1H3/t17-/m1/s1. The summed E-state index contributed by atoms with van der Waals surface area (Å²) in [7, 11) is 1.63. The molecule has 3 rings (SSSR count). The lowest BCUT2D eigenvalue weighted by Gasteiger charge is -2.23. The summed E-state index contributed by atoms with van der Waals surface area (Å²) in [4.78, 5) is 14.5. The Morgan fingerprint density at radius 1 is 1.17 bits per heavy atom. The molecule has 2 aromatic rings. The summed E-state index contributed by atoms with van der Waals surface area (Å²) >= 11 is 0. The zero-order valence-electron chi connectivity index (χ0n) is 13.3. The Morgan fingerprint density at radius 3 is 2.70 bits per heavy atom. The second-order valence-corrected chi connectivity index (χ2v) is 5.70. The molecular weight excluding hydrogens is 290 g/mol. The molecule has 1 aliphatic heterocycles. The molecule has 0 N–H and O–H groups in total. The summed E-state index contributed by atoms with van der Waals surface area (Å²) in [5, 5.41) is 0. The summed E-state index contributed by atoms with van der Waals surface area (Å²) < 4.78 is 10.9. The average Bonchev–Trinajstić information content (AvgIpc) is 3.04. The Labute approximate surface area is 136 Å². The summed E-state index contributed by atoms with van der Waals surface area (Å²) in [6.45, 7) is 0.956. The minimum atomic E-state index is 0.0768. The topological polar surface area (TPSA) is 38.8 Å². The van der Waals surface area contributed by atoms with E-state index in [0.717, 1.165) is 17.7 Å². The van der Waals surface area contributed by atoms with Crippen molar-refractivity contribution in [2.45, 2.75) is 18.9 Å². The fraction of sp³-hybridized carbons (Fsp3) is 0.316. The predicted octanol–water partition coefficient (Wildman–Crippen LogP) is 2.67. The molecule has 2 aromatic carbocycles. The molecule has 0 spiro atoms. The van der Waals surface area contributed by atoms with Crippen LogP contribution in [0.4, 0.5) is 0 Å². The van der Waals surface area contributed by atoms with E-state index in [9.17, 15) is 4.79 Å². The van der Waals surface area contributed by atoms with Gasteiger partial charge in [0.2, 0.25) is 5.91 Å². The van der Waals surface area contributed by atoms with E-state index in [4.69, 9.17) is 9.47 Å². The lowest BCUT2D eigenvalue weighted by molar-refractivity contribution is -0.132. The van der Waals surface area contributed by atoms with E-state index in [1.807, 2.05) is 47.4 Å². The molecule has 0 unspecified atom stereocenters. The van der Waals surface area contributed by atoms with Gasteiger partial charge in [0.1, 0.15) is 12.5 Å². The van der Waals surface area contributed by atoms with Gasteiger partial charge in [-0.05, 0) is 18.1 Å². The molecule has 0 radical (unpaired) electrons. The van der Waals surface area contributed by atoms with E-state index < -0.39 is 0 Å². The van der Waals surface area contributed by atoms with Crippen LogP contribution in [0.15, 0.2) is 54.6 Å². The summed E-state index contributed by atoms with van der Waals surface area (Å²) in [6, 6.07) is 17.9. The van der Waals surface area contributed by atoms with Crippen LogP contribution < -0.4 is 4.74 Å². The first-order valence-corrected chi connectivity index (χ1v) is 7.81. The van der Waals surface area contributed by atoms with Gasteiger partial charge >= 0.3 is 0 Å². The van der Waals surface area contributed by atoms with Crippen LogP contribution in [0.2, 0.25) is 0 Å². The van der Waals surface area contributed by atoms with Crippen molar-refractivity contribution >= 4 is 5.91 Å². The molecule has 0 aromatic heterocycles. The van der Waals surface area contributed by atoms with Crippen LogP contribution >= 0.6 is 0 Å². The zero-order chi connectivity index (χ0) is 16.1. The monoisotopic (exact) mass is 311 g/mol. The van der Waals surface area contributed by atoms with Gasteiger partial charge in [-0.15, -0.1) is 0 Å². The Bertz CT molecular complexity index is 657. The minimum absolute atomic E-state index is 0.0768. The first-order valence-electron chi connectivity index (χ1n) is 7.81. The first kappa shape index (κ1) is 15.6. The van der Waals surface area contributed by atoms with E-state index in [2.05, 4.69) is 12.1 Å². The fourth-order valence-corrected chi connectivity index (χ4v) is 2.93. The Morgan fingerprint density at radius 2 is 1.91 bits per heavy atom. The molecule has 4 heteroatoms. The molecule has 1 heterocycles. The van der Waals surface area contributed by atoms with Crippen LogP contribution in [-0.4, -0.2) is 37.3 Å². The van der Waals surface area contributed by atoms with Crippen LogP contribution in [0.25, 0.3) is 0 Å². The van der Waals surface area contributed by atoms with Crippen molar-refractivity contribution in [3.8, 4) is 5.75 Å². The first-order chi connectivity index (χ1) is 11.3. The van der Waals surface area contributed by atoms with E-state index in [0.29, 0.717) is 19.8 Å². The largest absolute Gasteiger partial charge is 0.496 e. The number of ether oxygens (including phenoxy) is 2. The molecule has 1 saturated heterocycles. The number of carbonyl (C=O) groups excluding carboxylic acids is 1. The Hall–Kier alpha value is -2.33. The molecule has 1 atom stereocenters. The van der Waals surface area contributed by atoms with Crippen molar-refractivity contribution in [3.05, 3.63) is 65.7 Å². The third-order valence-corrected chi connectivity index (χ3v) is 4.15. The van der Waals surface area contributed by atoms with Crippen molar-refractivity contribution < 1.29 is 14.3 Å². The average molecular weight is 311 g/mol. The van der Waals surface area contributed by atoms with Gasteiger partial charge in [0.15, 0.2) is 0 Å². The minimum Gasteiger partial charge on any atom is -0.496 e. The van der Waals surface area contributed by atoms with Gasteiger partial charge in [0, 0.05) is 5.56 Å². The second-order valence-electron chi connectivity index (χ2n) is 5.70. The number of carbonyl (C=O) groups is 1. The van der Waals surface area contributed by atoms with Crippen molar-refractivity contribution in [2.24, 2.45) is 0 Å². The quantitative estimate of drug-likeness (QED) is 0.852. The molecule has 1 fully saturated rings. The molecular formula is C19H21NO3. The smallest absolute Gasteiger partial charge is 0.229 e. The lowest BCUT2D eigenvalue weighted by Crippen LogP contribution is -2.39. The third kappa shape index (κ3) is 3.71. The summed E-state index contributed by atoms with van der Waals surface area (Å²) in [5.74, 6) is 0.827. The molecule has 0 bridgehead atoms. The maximum Gasteiger partial charge on any atom is 0.229 e. The van der Waals surface area contributed by atoms with Crippen LogP contribution in [0.1, 0.15) is 11.1 Å². The number of para-hydroxylation sites is 1. The van der Waals surface area contributed by atoms with Gasteiger partial charge in [-0.1, -0.05) is 48.5 Å². The van der Waals surface area contributed by atoms with E-state index >= 15 is 0 Å². The third-order valence-electron chi connectivity index (χ3n) is 4.15. The van der Waals surface area contributed by atoms with Gasteiger partial charge in [0.05, 0.1) is 26.2 Å². The molecule has 23 heavy (non-hydrogen) atoms. The van der Waals surface area contributed by atoms with Crippen molar-refractivity contribution in [1.29, 1.82) is 0 Å². The zero-order valence-corrected chi connectivity index (χ0v) is 13.3. The van der Waals surface area contributed by atoms with Crippen molar-refractivity contribution in [1.82, 2.24) is 4.90 Å². The maximum atomic E-state index is 12.7. The van der Waals surface area contributed by atoms with Crippen molar-refractivity contribution in [3.63, 3.8) is 0 Å². The summed E-state index contributed by atoms with van der Waals surface area (Å²) in [5.41, 5.74) is 2.13. The van der Waals surface area contributed by atoms with Gasteiger partial charge in [-0.25, -0.2) is 0 Å².